The lowest BCUT2D eigenvalue weighted by atomic mass is 9.89. The van der Waals surface area contributed by atoms with Crippen LogP contribution in [-0.2, 0) is 0 Å². The highest BCUT2D eigenvalue weighted by Crippen LogP contribution is 2.33. The van der Waals surface area contributed by atoms with E-state index in [1.807, 2.05) is 23.1 Å². The molecule has 3 aromatic heterocycles. The van der Waals surface area contributed by atoms with E-state index in [4.69, 9.17) is 16.1 Å². The van der Waals surface area contributed by atoms with Gasteiger partial charge in [-0.15, -0.1) is 0 Å². The van der Waals surface area contributed by atoms with Crippen LogP contribution in [0.3, 0.4) is 0 Å². The molecule has 1 aliphatic rings. The highest BCUT2D eigenvalue weighted by atomic mass is 35.5. The molecule has 4 heterocycles. The second kappa shape index (κ2) is 7.37. The largest absolute Gasteiger partial charge is 0.355 e. The first-order valence-corrected chi connectivity index (χ1v) is 10.0. The zero-order valence-corrected chi connectivity index (χ0v) is 16.4. The van der Waals surface area contributed by atoms with Gasteiger partial charge in [-0.3, -0.25) is 4.79 Å². The summed E-state index contributed by atoms with van der Waals surface area (Å²) < 4.78 is 5.38. The third-order valence-electron chi connectivity index (χ3n) is 5.54. The summed E-state index contributed by atoms with van der Waals surface area (Å²) in [6, 6.07) is 13.0. The molecule has 4 aromatic rings. The summed E-state index contributed by atoms with van der Waals surface area (Å²) in [4.78, 5) is 22.3. The number of halogens is 1. The first-order valence-electron chi connectivity index (χ1n) is 9.63. The molecule has 29 heavy (non-hydrogen) atoms. The lowest BCUT2D eigenvalue weighted by Gasteiger charge is -2.31. The third-order valence-corrected chi connectivity index (χ3v) is 5.78. The number of aromatic amines is 1. The molecule has 0 aliphatic carbocycles. The number of piperidine rings is 1. The number of hydrogen-bond donors (Lipinski definition) is 1. The van der Waals surface area contributed by atoms with Crippen molar-refractivity contribution in [2.24, 2.45) is 0 Å². The van der Waals surface area contributed by atoms with Crippen LogP contribution in [0.25, 0.3) is 22.4 Å². The molecule has 1 saturated heterocycles. The Kier molecular flexibility index (Phi) is 4.56. The maximum atomic E-state index is 12.9. The van der Waals surface area contributed by atoms with E-state index in [1.165, 1.54) is 10.9 Å². The van der Waals surface area contributed by atoms with Crippen molar-refractivity contribution < 1.29 is 9.32 Å². The van der Waals surface area contributed by atoms with E-state index in [0.29, 0.717) is 35.5 Å². The Labute approximate surface area is 172 Å². The average molecular weight is 407 g/mol. The smallest absolute Gasteiger partial charge is 0.276 e. The number of fused-ring (bicyclic) bond motifs is 1. The van der Waals surface area contributed by atoms with Crippen molar-refractivity contribution in [3.8, 4) is 11.3 Å². The zero-order chi connectivity index (χ0) is 19.8. The number of hydrogen-bond acceptors (Lipinski definition) is 4. The molecule has 0 saturated carbocycles. The molecule has 0 bridgehead atoms. The Hall–Kier alpha value is -3.12. The number of H-pyrrole nitrogens is 1. The van der Waals surface area contributed by atoms with Gasteiger partial charge >= 0.3 is 0 Å². The van der Waals surface area contributed by atoms with Gasteiger partial charge in [0.1, 0.15) is 5.65 Å². The number of rotatable bonds is 3. The third kappa shape index (κ3) is 3.40. The SMILES string of the molecule is O=C(c1cc(-c2cccc(Cl)c2)on1)N1CCC(c2c[nH]c3ncccc23)CC1. The molecule has 5 rings (SSSR count). The van der Waals surface area contributed by atoms with E-state index in [2.05, 4.69) is 27.4 Å². The van der Waals surface area contributed by atoms with E-state index >= 15 is 0 Å². The fourth-order valence-corrected chi connectivity index (χ4v) is 4.21. The summed E-state index contributed by atoms with van der Waals surface area (Å²) in [5.41, 5.74) is 3.33. The molecule has 0 spiro atoms. The van der Waals surface area contributed by atoms with Crippen LogP contribution >= 0.6 is 11.6 Å². The maximum Gasteiger partial charge on any atom is 0.276 e. The second-order valence-electron chi connectivity index (χ2n) is 7.30. The quantitative estimate of drug-likeness (QED) is 0.525. The molecule has 1 amide bonds. The van der Waals surface area contributed by atoms with Gasteiger partial charge in [0, 0.05) is 47.5 Å². The van der Waals surface area contributed by atoms with Crippen LogP contribution in [0, 0.1) is 0 Å². The Balaban J connectivity index is 1.28. The molecule has 1 aromatic carbocycles. The van der Waals surface area contributed by atoms with E-state index in [1.54, 1.807) is 24.4 Å². The van der Waals surface area contributed by atoms with Gasteiger partial charge in [-0.25, -0.2) is 4.98 Å². The highest BCUT2D eigenvalue weighted by Gasteiger charge is 2.27. The Morgan fingerprint density at radius 2 is 2.03 bits per heavy atom. The summed E-state index contributed by atoms with van der Waals surface area (Å²) in [6.07, 6.45) is 5.66. The molecule has 7 heteroatoms. The number of likely N-dealkylation sites (tertiary alicyclic amines) is 1. The Bertz CT molecular complexity index is 1170. The van der Waals surface area contributed by atoms with E-state index in [-0.39, 0.29) is 5.91 Å². The van der Waals surface area contributed by atoms with Crippen molar-refractivity contribution in [2.75, 3.05) is 13.1 Å². The summed E-state index contributed by atoms with van der Waals surface area (Å²) in [6.45, 7) is 1.38. The van der Waals surface area contributed by atoms with Crippen LogP contribution < -0.4 is 0 Å². The van der Waals surface area contributed by atoms with Crippen LogP contribution in [-0.4, -0.2) is 39.0 Å². The van der Waals surface area contributed by atoms with Crippen molar-refractivity contribution in [1.29, 1.82) is 0 Å². The number of amides is 1. The van der Waals surface area contributed by atoms with Crippen molar-refractivity contribution in [1.82, 2.24) is 20.0 Å². The van der Waals surface area contributed by atoms with Gasteiger partial charge in [0.2, 0.25) is 0 Å². The molecule has 1 fully saturated rings. The summed E-state index contributed by atoms with van der Waals surface area (Å²) in [5, 5.41) is 5.76. The number of aromatic nitrogens is 3. The minimum atomic E-state index is -0.0962. The number of nitrogens with zero attached hydrogens (tertiary/aromatic N) is 3. The van der Waals surface area contributed by atoms with Gasteiger partial charge in [-0.1, -0.05) is 28.9 Å². The van der Waals surface area contributed by atoms with E-state index in [0.717, 1.165) is 24.1 Å². The average Bonchev–Trinajstić information content (AvgIpc) is 3.41. The molecule has 0 atom stereocenters. The maximum absolute atomic E-state index is 12.9. The number of carbonyl (C=O) groups excluding carboxylic acids is 1. The number of nitrogens with one attached hydrogen (secondary N) is 1. The molecule has 6 nitrogen and oxygen atoms in total. The lowest BCUT2D eigenvalue weighted by Crippen LogP contribution is -2.38. The van der Waals surface area contributed by atoms with Crippen LogP contribution in [0.15, 0.2) is 59.4 Å². The van der Waals surface area contributed by atoms with Crippen LogP contribution in [0.5, 0.6) is 0 Å². The zero-order valence-electron chi connectivity index (χ0n) is 15.6. The summed E-state index contributed by atoms with van der Waals surface area (Å²) in [5.74, 6) is 0.856. The number of benzene rings is 1. The Morgan fingerprint density at radius 3 is 2.86 bits per heavy atom. The standard InChI is InChI=1S/C22H19ClN4O2/c23-16-4-1-3-15(11-16)20-12-19(26-29-20)22(28)27-9-6-14(7-10-27)18-13-25-21-17(18)5-2-8-24-21/h1-5,8,11-14H,6-7,9-10H2,(H,24,25). The minimum absolute atomic E-state index is 0.0962. The van der Waals surface area contributed by atoms with Crippen LogP contribution in [0.2, 0.25) is 5.02 Å². The van der Waals surface area contributed by atoms with Crippen molar-refractivity contribution >= 4 is 28.5 Å². The molecule has 1 aliphatic heterocycles. The lowest BCUT2D eigenvalue weighted by molar-refractivity contribution is 0.0703. The summed E-state index contributed by atoms with van der Waals surface area (Å²) >= 11 is 6.03. The van der Waals surface area contributed by atoms with Gasteiger partial charge in [0.25, 0.3) is 5.91 Å². The molecule has 0 unspecified atom stereocenters. The first kappa shape index (κ1) is 17.9. The second-order valence-corrected chi connectivity index (χ2v) is 7.73. The van der Waals surface area contributed by atoms with Gasteiger partial charge in [-0.2, -0.15) is 0 Å². The normalized spacial score (nSPS) is 15.1. The van der Waals surface area contributed by atoms with Crippen LogP contribution in [0.1, 0.15) is 34.8 Å². The molecular formula is C22H19ClN4O2. The molecule has 1 N–H and O–H groups in total. The molecule has 146 valence electrons. The Morgan fingerprint density at radius 1 is 1.17 bits per heavy atom. The predicted molar refractivity (Wildman–Crippen MR) is 111 cm³/mol. The van der Waals surface area contributed by atoms with Gasteiger partial charge in [-0.05, 0) is 48.6 Å². The molecule has 0 radical (unpaired) electrons. The minimum Gasteiger partial charge on any atom is -0.355 e. The van der Waals surface area contributed by atoms with Crippen molar-refractivity contribution in [3.63, 3.8) is 0 Å². The summed E-state index contributed by atoms with van der Waals surface area (Å²) in [7, 11) is 0. The van der Waals surface area contributed by atoms with Gasteiger partial charge in [0.15, 0.2) is 11.5 Å². The van der Waals surface area contributed by atoms with Crippen molar-refractivity contribution in [2.45, 2.75) is 18.8 Å². The topological polar surface area (TPSA) is 75.0 Å². The fourth-order valence-electron chi connectivity index (χ4n) is 4.02. The first-order chi connectivity index (χ1) is 14.2. The fraction of sp³-hybridized carbons (Fsp3) is 0.227. The van der Waals surface area contributed by atoms with Crippen molar-refractivity contribution in [3.05, 3.63) is 71.1 Å². The van der Waals surface area contributed by atoms with Gasteiger partial charge in [0.05, 0.1) is 0 Å². The van der Waals surface area contributed by atoms with E-state index < -0.39 is 0 Å². The predicted octanol–water partition coefficient (Wildman–Crippen LogP) is 4.89. The molecular weight excluding hydrogens is 388 g/mol. The number of carbonyl (C=O) groups is 1. The van der Waals surface area contributed by atoms with Gasteiger partial charge < -0.3 is 14.4 Å². The highest BCUT2D eigenvalue weighted by molar-refractivity contribution is 6.30. The number of pyridine rings is 1. The van der Waals surface area contributed by atoms with Crippen LogP contribution in [0.4, 0.5) is 0 Å². The van der Waals surface area contributed by atoms with E-state index in [9.17, 15) is 4.79 Å². The monoisotopic (exact) mass is 406 g/mol.